The van der Waals surface area contributed by atoms with Crippen molar-refractivity contribution in [3.05, 3.63) is 47.3 Å². The molecule has 18 heavy (non-hydrogen) atoms. The van der Waals surface area contributed by atoms with Crippen LogP contribution in [0.4, 0.5) is 0 Å². The van der Waals surface area contributed by atoms with Crippen molar-refractivity contribution in [2.24, 2.45) is 0 Å². The number of aliphatic hydroxyl groups is 1. The Labute approximate surface area is 106 Å². The van der Waals surface area contributed by atoms with Crippen LogP contribution in [0.15, 0.2) is 30.5 Å². The maximum Gasteiger partial charge on any atom is 0.101 e. The van der Waals surface area contributed by atoms with Crippen LogP contribution in [0.1, 0.15) is 36.6 Å². The average molecular weight is 241 g/mol. The van der Waals surface area contributed by atoms with Crippen LogP contribution >= 0.6 is 0 Å². The van der Waals surface area contributed by atoms with Gasteiger partial charge in [0.2, 0.25) is 0 Å². The van der Waals surface area contributed by atoms with Crippen LogP contribution in [0.2, 0.25) is 0 Å². The minimum absolute atomic E-state index is 0.0642. The molecule has 0 fully saturated rings. The molecule has 0 bridgehead atoms. The average Bonchev–Trinajstić information content (AvgIpc) is 2.87. The standard InChI is InChI=1S/C14H15N3O/c1-10(2)13-5-6-17(16-13)14-4-3-11(9-18)7-12(14)8-15/h3-7,10,18H,9H2,1-2H3. The van der Waals surface area contributed by atoms with Crippen molar-refractivity contribution in [2.45, 2.75) is 26.4 Å². The van der Waals surface area contributed by atoms with Gasteiger partial charge in [-0.3, -0.25) is 0 Å². The third-order valence-corrected chi connectivity index (χ3v) is 2.81. The van der Waals surface area contributed by atoms with Crippen molar-refractivity contribution >= 4 is 0 Å². The largest absolute Gasteiger partial charge is 0.392 e. The molecular weight excluding hydrogens is 226 g/mol. The molecule has 2 aromatic rings. The zero-order chi connectivity index (χ0) is 13.1. The van der Waals surface area contributed by atoms with Crippen molar-refractivity contribution in [3.63, 3.8) is 0 Å². The van der Waals surface area contributed by atoms with E-state index in [-0.39, 0.29) is 6.61 Å². The van der Waals surface area contributed by atoms with Crippen LogP contribution in [0.3, 0.4) is 0 Å². The highest BCUT2D eigenvalue weighted by Gasteiger charge is 2.09. The maximum atomic E-state index is 9.14. The fourth-order valence-corrected chi connectivity index (χ4v) is 1.75. The van der Waals surface area contributed by atoms with Gasteiger partial charge in [0.15, 0.2) is 0 Å². The Balaban J connectivity index is 2.47. The van der Waals surface area contributed by atoms with E-state index in [0.29, 0.717) is 11.5 Å². The highest BCUT2D eigenvalue weighted by Crippen LogP contribution is 2.18. The highest BCUT2D eigenvalue weighted by molar-refractivity contribution is 5.50. The normalized spacial score (nSPS) is 10.6. The second kappa shape index (κ2) is 5.03. The molecule has 1 aromatic carbocycles. The molecular formula is C14H15N3O. The molecule has 0 unspecified atom stereocenters. The van der Waals surface area contributed by atoms with Crippen LogP contribution in [0.5, 0.6) is 0 Å². The van der Waals surface area contributed by atoms with E-state index in [2.05, 4.69) is 25.0 Å². The SMILES string of the molecule is CC(C)c1ccn(-c2ccc(CO)cc2C#N)n1. The molecule has 0 saturated carbocycles. The van der Waals surface area contributed by atoms with E-state index in [1.807, 2.05) is 12.3 Å². The fraction of sp³-hybridized carbons (Fsp3) is 0.286. The summed E-state index contributed by atoms with van der Waals surface area (Å²) < 4.78 is 1.70. The molecule has 2 rings (SSSR count). The van der Waals surface area contributed by atoms with Crippen LogP contribution in [-0.2, 0) is 6.61 Å². The first-order valence-corrected chi connectivity index (χ1v) is 5.85. The molecule has 0 spiro atoms. The van der Waals surface area contributed by atoms with Gasteiger partial charge in [0.25, 0.3) is 0 Å². The molecule has 0 amide bonds. The summed E-state index contributed by atoms with van der Waals surface area (Å²) in [5, 5.41) is 22.7. The van der Waals surface area contributed by atoms with E-state index in [9.17, 15) is 0 Å². The quantitative estimate of drug-likeness (QED) is 0.897. The van der Waals surface area contributed by atoms with E-state index in [4.69, 9.17) is 10.4 Å². The molecule has 1 aromatic heterocycles. The van der Waals surface area contributed by atoms with Crippen LogP contribution < -0.4 is 0 Å². The van der Waals surface area contributed by atoms with E-state index < -0.39 is 0 Å². The number of nitriles is 1. The minimum Gasteiger partial charge on any atom is -0.392 e. The number of benzene rings is 1. The summed E-state index contributed by atoms with van der Waals surface area (Å²) in [7, 11) is 0. The summed E-state index contributed by atoms with van der Waals surface area (Å²) in [5.41, 5.74) is 2.97. The zero-order valence-electron chi connectivity index (χ0n) is 10.5. The summed E-state index contributed by atoms with van der Waals surface area (Å²) >= 11 is 0. The van der Waals surface area contributed by atoms with Crippen molar-refractivity contribution in [2.75, 3.05) is 0 Å². The summed E-state index contributed by atoms with van der Waals surface area (Å²) in [6, 6.07) is 9.38. The Bertz CT molecular complexity index is 593. The van der Waals surface area contributed by atoms with Gasteiger partial charge in [-0.2, -0.15) is 10.4 Å². The number of aliphatic hydroxyl groups excluding tert-OH is 1. The number of aromatic nitrogens is 2. The number of hydrogen-bond acceptors (Lipinski definition) is 3. The first-order chi connectivity index (χ1) is 8.65. The molecule has 0 atom stereocenters. The Morgan fingerprint density at radius 2 is 2.17 bits per heavy atom. The van der Waals surface area contributed by atoms with E-state index in [1.165, 1.54) is 0 Å². The molecule has 0 saturated heterocycles. The highest BCUT2D eigenvalue weighted by atomic mass is 16.3. The first kappa shape index (κ1) is 12.3. The molecule has 0 aliphatic carbocycles. The number of nitrogens with zero attached hydrogens (tertiary/aromatic N) is 3. The third-order valence-electron chi connectivity index (χ3n) is 2.81. The smallest absolute Gasteiger partial charge is 0.101 e. The molecule has 1 N–H and O–H groups in total. The van der Waals surface area contributed by atoms with Gasteiger partial charge in [0.1, 0.15) is 6.07 Å². The zero-order valence-corrected chi connectivity index (χ0v) is 10.5. The molecule has 0 aliphatic rings. The van der Waals surface area contributed by atoms with Gasteiger partial charge in [0, 0.05) is 6.20 Å². The van der Waals surface area contributed by atoms with Gasteiger partial charge < -0.3 is 5.11 Å². The van der Waals surface area contributed by atoms with E-state index in [1.54, 1.807) is 22.9 Å². The van der Waals surface area contributed by atoms with Crippen molar-refractivity contribution < 1.29 is 5.11 Å². The van der Waals surface area contributed by atoms with Crippen LogP contribution in [-0.4, -0.2) is 14.9 Å². The topological polar surface area (TPSA) is 61.8 Å². The Morgan fingerprint density at radius 1 is 1.39 bits per heavy atom. The Kier molecular flexibility index (Phi) is 3.45. The van der Waals surface area contributed by atoms with Crippen molar-refractivity contribution in [1.82, 2.24) is 9.78 Å². The molecule has 0 aliphatic heterocycles. The number of rotatable bonds is 3. The van der Waals surface area contributed by atoms with Gasteiger partial charge in [-0.25, -0.2) is 4.68 Å². The van der Waals surface area contributed by atoms with Gasteiger partial charge in [-0.05, 0) is 29.7 Å². The molecule has 1 heterocycles. The molecule has 0 radical (unpaired) electrons. The monoisotopic (exact) mass is 241 g/mol. The lowest BCUT2D eigenvalue weighted by atomic mass is 10.1. The summed E-state index contributed by atoms with van der Waals surface area (Å²) in [6.07, 6.45) is 1.85. The predicted octanol–water partition coefficient (Wildman–Crippen LogP) is 2.36. The van der Waals surface area contributed by atoms with Gasteiger partial charge in [-0.15, -0.1) is 0 Å². The number of hydrogen-bond donors (Lipinski definition) is 1. The molecule has 4 nitrogen and oxygen atoms in total. The van der Waals surface area contributed by atoms with Gasteiger partial charge >= 0.3 is 0 Å². The maximum absolute atomic E-state index is 9.14. The van der Waals surface area contributed by atoms with Crippen LogP contribution in [0, 0.1) is 11.3 Å². The summed E-state index contributed by atoms with van der Waals surface area (Å²) in [5.74, 6) is 0.355. The van der Waals surface area contributed by atoms with E-state index in [0.717, 1.165) is 16.9 Å². The molecule has 92 valence electrons. The molecule has 4 heteroatoms. The second-order valence-electron chi connectivity index (χ2n) is 4.46. The van der Waals surface area contributed by atoms with Crippen molar-refractivity contribution in [3.8, 4) is 11.8 Å². The van der Waals surface area contributed by atoms with Crippen LogP contribution in [0.25, 0.3) is 5.69 Å². The summed E-state index contributed by atoms with van der Waals surface area (Å²) in [6.45, 7) is 4.09. The lowest BCUT2D eigenvalue weighted by molar-refractivity contribution is 0.282. The van der Waals surface area contributed by atoms with Gasteiger partial charge in [-0.1, -0.05) is 19.9 Å². The lowest BCUT2D eigenvalue weighted by Crippen LogP contribution is -2.01. The van der Waals surface area contributed by atoms with E-state index >= 15 is 0 Å². The van der Waals surface area contributed by atoms with Crippen molar-refractivity contribution in [1.29, 1.82) is 5.26 Å². The summed E-state index contributed by atoms with van der Waals surface area (Å²) in [4.78, 5) is 0. The third kappa shape index (κ3) is 2.27. The first-order valence-electron chi connectivity index (χ1n) is 5.85. The lowest BCUT2D eigenvalue weighted by Gasteiger charge is -2.06. The van der Waals surface area contributed by atoms with Gasteiger partial charge in [0.05, 0.1) is 23.6 Å². The minimum atomic E-state index is -0.0642. The Hall–Kier alpha value is -2.12. The predicted molar refractivity (Wildman–Crippen MR) is 68.3 cm³/mol. The second-order valence-corrected chi connectivity index (χ2v) is 4.46. The fourth-order valence-electron chi connectivity index (χ4n) is 1.75. The Morgan fingerprint density at radius 3 is 2.72 bits per heavy atom.